The number of nitro groups is 1. The molecule has 4 aromatic rings. The van der Waals surface area contributed by atoms with Crippen LogP contribution in [0.15, 0.2) is 78.0 Å². The van der Waals surface area contributed by atoms with E-state index in [1.165, 1.54) is 18.2 Å². The van der Waals surface area contributed by atoms with Gasteiger partial charge in [0.05, 0.1) is 22.3 Å². The molecule has 1 heterocycles. The summed E-state index contributed by atoms with van der Waals surface area (Å²) in [7, 11) is -3.72. The van der Waals surface area contributed by atoms with E-state index in [0.717, 1.165) is 28.4 Å². The van der Waals surface area contributed by atoms with Crippen LogP contribution in [0, 0.1) is 10.1 Å². The molecule has 4 rings (SSSR count). The van der Waals surface area contributed by atoms with Crippen LogP contribution in [0.1, 0.15) is 11.1 Å². The lowest BCUT2D eigenvalue weighted by molar-refractivity contribution is -0.387. The van der Waals surface area contributed by atoms with Crippen molar-refractivity contribution in [1.29, 1.82) is 0 Å². The number of nitrogens with one attached hydrogen (secondary N) is 1. The minimum atomic E-state index is -3.72. The lowest BCUT2D eigenvalue weighted by Gasteiger charge is -2.10. The van der Waals surface area contributed by atoms with Crippen molar-refractivity contribution < 1.29 is 13.3 Å². The summed E-state index contributed by atoms with van der Waals surface area (Å²) < 4.78 is 25.9. The zero-order valence-electron chi connectivity index (χ0n) is 16.7. The first kappa shape index (κ1) is 20.5. The fraction of sp³-hybridized carbons (Fsp3) is 0.136. The van der Waals surface area contributed by atoms with Crippen LogP contribution in [-0.2, 0) is 22.9 Å². The molecule has 0 unspecified atom stereocenters. The van der Waals surface area contributed by atoms with Crippen molar-refractivity contribution in [3.8, 4) is 0 Å². The highest BCUT2D eigenvalue weighted by Gasteiger charge is 2.22. The van der Waals surface area contributed by atoms with Gasteiger partial charge in [-0.1, -0.05) is 36.4 Å². The highest BCUT2D eigenvalue weighted by Crippen LogP contribution is 2.27. The van der Waals surface area contributed by atoms with Gasteiger partial charge < -0.3 is 9.88 Å². The summed E-state index contributed by atoms with van der Waals surface area (Å²) in [6, 6.07) is 20.0. The molecule has 0 saturated heterocycles. The lowest BCUT2D eigenvalue weighted by Crippen LogP contribution is -2.05. The molecule has 3 aromatic carbocycles. The molecule has 0 amide bonds. The largest absolute Gasteiger partial charge is 0.381 e. The maximum atomic E-state index is 11.9. The number of imidazole rings is 1. The van der Waals surface area contributed by atoms with Gasteiger partial charge in [0.25, 0.3) is 5.69 Å². The Morgan fingerprint density at radius 3 is 2.45 bits per heavy atom. The van der Waals surface area contributed by atoms with Gasteiger partial charge in [0.15, 0.2) is 9.84 Å². The van der Waals surface area contributed by atoms with Crippen molar-refractivity contribution in [2.45, 2.75) is 18.0 Å². The molecule has 158 valence electrons. The summed E-state index contributed by atoms with van der Waals surface area (Å²) in [5.41, 5.74) is 4.23. The summed E-state index contributed by atoms with van der Waals surface area (Å²) in [6.45, 7) is 1.16. The number of nitrogens with zero attached hydrogens (tertiary/aromatic N) is 3. The van der Waals surface area contributed by atoms with Crippen LogP contribution in [0.5, 0.6) is 0 Å². The third kappa shape index (κ3) is 4.56. The molecule has 31 heavy (non-hydrogen) atoms. The molecule has 1 aromatic heterocycles. The average Bonchev–Trinajstić information content (AvgIpc) is 3.15. The SMILES string of the molecule is CS(=O)(=O)c1cc(NCc2ccc(Cn3cnc4ccccc43)cc2)ccc1[N+](=O)[O-]. The van der Waals surface area contributed by atoms with Crippen LogP contribution in [0.4, 0.5) is 11.4 Å². The van der Waals surface area contributed by atoms with Gasteiger partial charge in [0.1, 0.15) is 4.90 Å². The molecule has 0 spiro atoms. The Balaban J connectivity index is 1.46. The molecular formula is C22H20N4O4S. The number of benzene rings is 3. The van der Waals surface area contributed by atoms with Gasteiger partial charge in [-0.2, -0.15) is 0 Å². The van der Waals surface area contributed by atoms with Gasteiger partial charge in [0, 0.05) is 31.1 Å². The van der Waals surface area contributed by atoms with Gasteiger partial charge in [-0.25, -0.2) is 13.4 Å². The highest BCUT2D eigenvalue weighted by molar-refractivity contribution is 7.90. The van der Waals surface area contributed by atoms with Crippen LogP contribution in [0.2, 0.25) is 0 Å². The van der Waals surface area contributed by atoms with Gasteiger partial charge in [-0.3, -0.25) is 10.1 Å². The van der Waals surface area contributed by atoms with Crippen molar-refractivity contribution in [1.82, 2.24) is 9.55 Å². The Hall–Kier alpha value is -3.72. The van der Waals surface area contributed by atoms with Gasteiger partial charge in [0.2, 0.25) is 0 Å². The number of hydrogen-bond donors (Lipinski definition) is 1. The Labute approximate surface area is 179 Å². The normalized spacial score (nSPS) is 11.5. The van der Waals surface area contributed by atoms with Crippen LogP contribution in [0.25, 0.3) is 11.0 Å². The van der Waals surface area contributed by atoms with Crippen molar-refractivity contribution in [2.24, 2.45) is 0 Å². The first-order valence-corrected chi connectivity index (χ1v) is 11.4. The standard InChI is InChI=1S/C22H20N4O4S/c1-31(29,30)22-12-18(10-11-21(22)26(27)28)23-13-16-6-8-17(9-7-16)14-25-15-24-19-4-2-3-5-20(19)25/h2-12,15,23H,13-14H2,1H3. The van der Waals surface area contributed by atoms with E-state index in [2.05, 4.69) is 14.9 Å². The maximum Gasteiger partial charge on any atom is 0.288 e. The van der Waals surface area contributed by atoms with E-state index in [0.29, 0.717) is 18.8 Å². The highest BCUT2D eigenvalue weighted by atomic mass is 32.2. The Bertz CT molecular complexity index is 1360. The third-order valence-electron chi connectivity index (χ3n) is 4.96. The average molecular weight is 436 g/mol. The second-order valence-corrected chi connectivity index (χ2v) is 9.23. The Morgan fingerprint density at radius 1 is 1.03 bits per heavy atom. The number of rotatable bonds is 7. The summed E-state index contributed by atoms with van der Waals surface area (Å²) >= 11 is 0. The van der Waals surface area contributed by atoms with E-state index >= 15 is 0 Å². The van der Waals surface area contributed by atoms with E-state index < -0.39 is 20.4 Å². The summed E-state index contributed by atoms with van der Waals surface area (Å²) in [4.78, 5) is 14.5. The summed E-state index contributed by atoms with van der Waals surface area (Å²) in [5.74, 6) is 0. The molecule has 1 N–H and O–H groups in total. The number of sulfone groups is 1. The van der Waals surface area contributed by atoms with Crippen LogP contribution < -0.4 is 5.32 Å². The van der Waals surface area contributed by atoms with Gasteiger partial charge in [-0.15, -0.1) is 0 Å². The minimum absolute atomic E-state index is 0.301. The predicted octanol–water partition coefficient (Wildman–Crippen LogP) is 4.01. The molecule has 0 aliphatic rings. The smallest absolute Gasteiger partial charge is 0.288 e. The van der Waals surface area contributed by atoms with Crippen LogP contribution in [-0.4, -0.2) is 29.1 Å². The fourth-order valence-corrected chi connectivity index (χ4v) is 4.24. The monoisotopic (exact) mass is 436 g/mol. The zero-order chi connectivity index (χ0) is 22.0. The van der Waals surface area contributed by atoms with E-state index in [4.69, 9.17) is 0 Å². The third-order valence-corrected chi connectivity index (χ3v) is 6.08. The first-order chi connectivity index (χ1) is 14.8. The molecule has 0 bridgehead atoms. The van der Waals surface area contributed by atoms with E-state index in [-0.39, 0.29) is 4.90 Å². The van der Waals surface area contributed by atoms with Gasteiger partial charge >= 0.3 is 0 Å². The molecule has 0 aliphatic carbocycles. The number of anilines is 1. The first-order valence-electron chi connectivity index (χ1n) is 9.51. The topological polar surface area (TPSA) is 107 Å². The second-order valence-electron chi connectivity index (χ2n) is 7.24. The van der Waals surface area contributed by atoms with E-state index in [1.54, 1.807) is 0 Å². The molecular weight excluding hydrogens is 416 g/mol. The zero-order valence-corrected chi connectivity index (χ0v) is 17.5. The fourth-order valence-electron chi connectivity index (χ4n) is 3.37. The van der Waals surface area contributed by atoms with Crippen LogP contribution >= 0.6 is 0 Å². The van der Waals surface area contributed by atoms with Crippen molar-refractivity contribution in [3.63, 3.8) is 0 Å². The molecule has 0 fully saturated rings. The van der Waals surface area contributed by atoms with Gasteiger partial charge in [-0.05, 0) is 35.4 Å². The molecule has 9 heteroatoms. The van der Waals surface area contributed by atoms with Crippen molar-refractivity contribution in [2.75, 3.05) is 11.6 Å². The maximum absolute atomic E-state index is 11.9. The molecule has 0 aliphatic heterocycles. The van der Waals surface area contributed by atoms with E-state index in [1.807, 2.05) is 54.9 Å². The molecule has 8 nitrogen and oxygen atoms in total. The molecule has 0 saturated carbocycles. The quantitative estimate of drug-likeness (QED) is 0.346. The number of fused-ring (bicyclic) bond motifs is 1. The second kappa shape index (κ2) is 8.19. The Morgan fingerprint density at radius 2 is 1.74 bits per heavy atom. The number of nitro benzene ring substituents is 1. The molecule has 0 radical (unpaired) electrons. The number of aromatic nitrogens is 2. The van der Waals surface area contributed by atoms with Crippen LogP contribution in [0.3, 0.4) is 0 Å². The number of hydrogen-bond acceptors (Lipinski definition) is 6. The predicted molar refractivity (Wildman–Crippen MR) is 119 cm³/mol. The lowest BCUT2D eigenvalue weighted by atomic mass is 10.1. The summed E-state index contributed by atoms with van der Waals surface area (Å²) in [5, 5.41) is 14.2. The Kier molecular flexibility index (Phi) is 5.43. The van der Waals surface area contributed by atoms with E-state index in [9.17, 15) is 18.5 Å². The summed E-state index contributed by atoms with van der Waals surface area (Å²) in [6.07, 6.45) is 2.79. The molecule has 0 atom stereocenters. The van der Waals surface area contributed by atoms with Crippen molar-refractivity contribution >= 4 is 32.2 Å². The van der Waals surface area contributed by atoms with Crippen molar-refractivity contribution in [3.05, 3.63) is 94.3 Å². The minimum Gasteiger partial charge on any atom is -0.381 e. The number of para-hydroxylation sites is 2.